The van der Waals surface area contributed by atoms with E-state index in [4.69, 9.17) is 16.3 Å². The molecular weight excluding hydrogens is 476 g/mol. The minimum atomic E-state index is -2.72. The number of phenols is 1. The molecule has 1 aliphatic rings. The van der Waals surface area contributed by atoms with Crippen molar-refractivity contribution >= 4 is 29.4 Å². The van der Waals surface area contributed by atoms with Gasteiger partial charge in [0.25, 0.3) is 11.6 Å². The van der Waals surface area contributed by atoms with Crippen LogP contribution in [0.5, 0.6) is 11.5 Å². The van der Waals surface area contributed by atoms with Crippen molar-refractivity contribution in [3.8, 4) is 11.5 Å². The Morgan fingerprint density at radius 2 is 1.86 bits per heavy atom. The number of nitrogens with zero attached hydrogens (tertiary/aromatic N) is 1. The first-order chi connectivity index (χ1) is 16.5. The maximum Gasteiger partial charge on any atom is 0.359 e. The first kappa shape index (κ1) is 26.3. The number of ether oxygens (including phenoxy) is 1. The van der Waals surface area contributed by atoms with Crippen LogP contribution >= 0.6 is 11.6 Å². The second-order valence-electron chi connectivity index (χ2n) is 8.66. The highest BCUT2D eigenvalue weighted by atomic mass is 35.5. The lowest BCUT2D eigenvalue weighted by Crippen LogP contribution is -2.63. The summed E-state index contributed by atoms with van der Waals surface area (Å²) < 4.78 is 5.12. The van der Waals surface area contributed by atoms with E-state index in [2.05, 4.69) is 5.32 Å². The van der Waals surface area contributed by atoms with E-state index in [0.29, 0.717) is 29.7 Å². The fraction of sp³-hybridized carbons (Fsp3) is 0.400. The monoisotopic (exact) mass is 504 g/mol. The molecule has 0 radical (unpaired) electrons. The van der Waals surface area contributed by atoms with E-state index in [9.17, 15) is 29.7 Å². The van der Waals surface area contributed by atoms with Crippen LogP contribution in [0, 0.1) is 13.8 Å². The molecular formula is C25H29ClN2O7. The van der Waals surface area contributed by atoms with Crippen molar-refractivity contribution in [3.63, 3.8) is 0 Å². The Morgan fingerprint density at radius 3 is 2.46 bits per heavy atom. The number of phenolic OH excluding ortho intramolecular Hbond substituents is 1. The van der Waals surface area contributed by atoms with Crippen molar-refractivity contribution in [2.24, 2.45) is 0 Å². The van der Waals surface area contributed by atoms with E-state index in [0.717, 1.165) is 10.5 Å². The lowest BCUT2D eigenvalue weighted by Gasteiger charge is -2.34. The Balaban J connectivity index is 1.73. The van der Waals surface area contributed by atoms with Crippen molar-refractivity contribution in [2.45, 2.75) is 50.3 Å². The number of carbonyl (C=O) groups is 3. The van der Waals surface area contributed by atoms with Crippen LogP contribution in [-0.2, 0) is 16.0 Å². The third-order valence-electron chi connectivity index (χ3n) is 6.25. The molecule has 3 rings (SSSR count). The summed E-state index contributed by atoms with van der Waals surface area (Å²) in [6.07, 6.45) is 0.968. The molecule has 0 aromatic heterocycles. The zero-order valence-electron chi connectivity index (χ0n) is 19.7. The van der Waals surface area contributed by atoms with E-state index >= 15 is 0 Å². The Hall–Kier alpha value is -3.30. The molecule has 4 N–H and O–H groups in total. The number of aryl methyl sites for hydroxylation is 2. The summed E-state index contributed by atoms with van der Waals surface area (Å²) in [7, 11) is 1.57. The van der Waals surface area contributed by atoms with Crippen molar-refractivity contribution in [1.29, 1.82) is 0 Å². The first-order valence-electron chi connectivity index (χ1n) is 11.1. The van der Waals surface area contributed by atoms with Gasteiger partial charge in [-0.3, -0.25) is 9.59 Å². The molecule has 0 bridgehead atoms. The number of likely N-dealkylation sites (tertiary alicyclic amines) is 1. The second-order valence-corrected chi connectivity index (χ2v) is 9.22. The summed E-state index contributed by atoms with van der Waals surface area (Å²) in [6.45, 7) is 2.98. The van der Waals surface area contributed by atoms with Gasteiger partial charge < -0.3 is 30.3 Å². The molecule has 1 saturated heterocycles. The van der Waals surface area contributed by atoms with E-state index in [-0.39, 0.29) is 24.3 Å². The predicted octanol–water partition coefficient (Wildman–Crippen LogP) is 2.36. The van der Waals surface area contributed by atoms with E-state index in [1.807, 2.05) is 24.3 Å². The number of hydrogen-bond acceptors (Lipinski definition) is 6. The van der Waals surface area contributed by atoms with Crippen LogP contribution in [-0.4, -0.2) is 68.8 Å². The van der Waals surface area contributed by atoms with Gasteiger partial charge in [0.1, 0.15) is 17.5 Å². The number of methoxy groups -OCH3 is 1. The fourth-order valence-electron chi connectivity index (χ4n) is 4.24. The number of benzene rings is 2. The summed E-state index contributed by atoms with van der Waals surface area (Å²) in [4.78, 5) is 38.8. The number of carboxylic acids is 1. The van der Waals surface area contributed by atoms with Crippen molar-refractivity contribution in [3.05, 3.63) is 58.7 Å². The van der Waals surface area contributed by atoms with Crippen molar-refractivity contribution < 1.29 is 34.4 Å². The standard InChI is InChI=1S/C25H29ClN2O7/c1-14-11-18(15(2)20(29)12-14)23(31)27-22-19(26)13-28(25(22,34)24(32)33)21(30)6-4-5-16-7-9-17(35-3)10-8-16/h7-12,19,22,29,34H,4-6,13H2,1-3H3,(H,27,31)(H,32,33)/t19?,22?,25-/m1/s1. The van der Waals surface area contributed by atoms with Gasteiger partial charge in [0.05, 0.1) is 12.5 Å². The molecule has 2 amide bonds. The highest BCUT2D eigenvalue weighted by Gasteiger charge is 2.60. The predicted molar refractivity (Wildman–Crippen MR) is 129 cm³/mol. The minimum Gasteiger partial charge on any atom is -0.508 e. The number of carboxylic acid groups (broad SMARTS) is 1. The summed E-state index contributed by atoms with van der Waals surface area (Å²) in [6, 6.07) is 8.91. The average Bonchev–Trinajstić information content (AvgIpc) is 3.07. The van der Waals surface area contributed by atoms with E-state index in [1.54, 1.807) is 21.0 Å². The third kappa shape index (κ3) is 5.36. The summed E-state index contributed by atoms with van der Waals surface area (Å²) >= 11 is 6.34. The Morgan fingerprint density at radius 1 is 1.20 bits per heavy atom. The highest BCUT2D eigenvalue weighted by Crippen LogP contribution is 2.33. The number of carbonyl (C=O) groups excluding carboxylic acids is 2. The lowest BCUT2D eigenvalue weighted by molar-refractivity contribution is -0.185. The number of nitrogens with one attached hydrogen (secondary N) is 1. The molecule has 2 unspecified atom stereocenters. The van der Waals surface area contributed by atoms with E-state index in [1.165, 1.54) is 12.1 Å². The molecule has 1 heterocycles. The van der Waals surface area contributed by atoms with Gasteiger partial charge in [0.15, 0.2) is 0 Å². The normalized spacial score (nSPS) is 21.6. The number of alkyl halides is 1. The maximum atomic E-state index is 12.9. The van der Waals surface area contributed by atoms with Gasteiger partial charge in [-0.05, 0) is 62.1 Å². The smallest absolute Gasteiger partial charge is 0.359 e. The number of rotatable bonds is 8. The van der Waals surface area contributed by atoms with Gasteiger partial charge in [0, 0.05) is 24.1 Å². The molecule has 35 heavy (non-hydrogen) atoms. The number of hydrogen-bond donors (Lipinski definition) is 4. The quantitative estimate of drug-likeness (QED) is 0.405. The molecule has 2 aromatic rings. The minimum absolute atomic E-state index is 0.0171. The summed E-state index contributed by atoms with van der Waals surface area (Å²) in [5.41, 5.74) is -0.718. The molecule has 2 aromatic carbocycles. The number of amides is 2. The van der Waals surface area contributed by atoms with Gasteiger partial charge in [-0.1, -0.05) is 12.1 Å². The zero-order valence-corrected chi connectivity index (χ0v) is 20.5. The van der Waals surface area contributed by atoms with Crippen LogP contribution < -0.4 is 10.1 Å². The second kappa shape index (κ2) is 10.5. The highest BCUT2D eigenvalue weighted by molar-refractivity contribution is 6.22. The van der Waals surface area contributed by atoms with Crippen LogP contribution in [0.1, 0.15) is 39.9 Å². The molecule has 0 aliphatic carbocycles. The van der Waals surface area contributed by atoms with Crippen LogP contribution in [0.15, 0.2) is 36.4 Å². The Labute approximate surface area is 208 Å². The lowest BCUT2D eigenvalue weighted by atomic mass is 10.0. The topological polar surface area (TPSA) is 136 Å². The van der Waals surface area contributed by atoms with E-state index < -0.39 is 34.9 Å². The van der Waals surface area contributed by atoms with Crippen LogP contribution in [0.4, 0.5) is 0 Å². The molecule has 9 nitrogen and oxygen atoms in total. The molecule has 188 valence electrons. The number of aliphatic hydroxyl groups is 1. The van der Waals surface area contributed by atoms with Gasteiger partial charge >= 0.3 is 5.97 Å². The van der Waals surface area contributed by atoms with Crippen LogP contribution in [0.25, 0.3) is 0 Å². The number of aliphatic carboxylic acids is 1. The summed E-state index contributed by atoms with van der Waals surface area (Å²) in [5.74, 6) is -2.38. The van der Waals surface area contributed by atoms with Crippen molar-refractivity contribution in [1.82, 2.24) is 10.2 Å². The van der Waals surface area contributed by atoms with Crippen LogP contribution in [0.2, 0.25) is 0 Å². The number of aromatic hydroxyl groups is 1. The van der Waals surface area contributed by atoms with Gasteiger partial charge in [-0.15, -0.1) is 11.6 Å². The van der Waals surface area contributed by atoms with Gasteiger partial charge in [-0.2, -0.15) is 0 Å². The first-order valence-corrected chi connectivity index (χ1v) is 11.6. The molecule has 10 heteroatoms. The van der Waals surface area contributed by atoms with Gasteiger partial charge in [-0.25, -0.2) is 4.79 Å². The largest absolute Gasteiger partial charge is 0.508 e. The SMILES string of the molecule is COc1ccc(CCCC(=O)N2CC(Cl)C(NC(=O)c3cc(C)cc(O)c3C)[C@@]2(O)C(=O)O)cc1. The Bertz CT molecular complexity index is 1120. The molecule has 1 aliphatic heterocycles. The molecule has 0 spiro atoms. The van der Waals surface area contributed by atoms with Crippen LogP contribution in [0.3, 0.4) is 0 Å². The number of halogens is 1. The Kier molecular flexibility index (Phi) is 7.92. The molecule has 1 fully saturated rings. The molecule has 3 atom stereocenters. The van der Waals surface area contributed by atoms with Gasteiger partial charge in [0.2, 0.25) is 5.91 Å². The summed E-state index contributed by atoms with van der Waals surface area (Å²) in [5, 5.41) is 32.4. The average molecular weight is 505 g/mol. The molecule has 0 saturated carbocycles. The maximum absolute atomic E-state index is 12.9. The fourth-order valence-corrected chi connectivity index (χ4v) is 4.61. The third-order valence-corrected chi connectivity index (χ3v) is 6.64. The zero-order chi connectivity index (χ0) is 25.9. The van der Waals surface area contributed by atoms with Crippen molar-refractivity contribution in [2.75, 3.05) is 13.7 Å².